The van der Waals surface area contributed by atoms with Crippen molar-refractivity contribution in [2.24, 2.45) is 11.8 Å². The third-order valence-electron chi connectivity index (χ3n) is 2.98. The molecule has 1 aliphatic carbocycles. The zero-order chi connectivity index (χ0) is 11.3. The van der Waals surface area contributed by atoms with Crippen molar-refractivity contribution in [2.75, 3.05) is 0 Å². The van der Waals surface area contributed by atoms with Gasteiger partial charge in [0.05, 0.1) is 0 Å². The van der Waals surface area contributed by atoms with Crippen molar-refractivity contribution in [1.29, 1.82) is 0 Å². The number of allylic oxidation sites excluding steroid dienone is 8. The van der Waals surface area contributed by atoms with Crippen LogP contribution in [0, 0.1) is 11.8 Å². The van der Waals surface area contributed by atoms with Crippen molar-refractivity contribution in [3.63, 3.8) is 0 Å². The first kappa shape index (κ1) is 12.0. The minimum Gasteiger partial charge on any atom is -0.0648 e. The van der Waals surface area contributed by atoms with E-state index >= 15 is 0 Å². The standard InChI is InChI=1S/C15H22/c1-5-13(4)15-11-9-7-6-8-10-14(15)12(2)3/h6-13H,5H2,1-4H3. The van der Waals surface area contributed by atoms with E-state index in [2.05, 4.69) is 64.2 Å². The van der Waals surface area contributed by atoms with Crippen LogP contribution in [0.3, 0.4) is 0 Å². The quantitative estimate of drug-likeness (QED) is 0.624. The molecule has 0 aromatic rings. The lowest BCUT2D eigenvalue weighted by molar-refractivity contribution is 0.646. The molecule has 1 atom stereocenters. The Balaban J connectivity index is 3.12. The summed E-state index contributed by atoms with van der Waals surface area (Å²) in [5.41, 5.74) is 2.97. The van der Waals surface area contributed by atoms with Crippen molar-refractivity contribution in [1.82, 2.24) is 0 Å². The molecule has 0 fully saturated rings. The highest BCUT2D eigenvalue weighted by Gasteiger charge is 2.11. The van der Waals surface area contributed by atoms with Gasteiger partial charge in [0, 0.05) is 0 Å². The summed E-state index contributed by atoms with van der Waals surface area (Å²) < 4.78 is 0. The molecule has 0 aromatic heterocycles. The second-order valence-electron chi connectivity index (χ2n) is 4.48. The highest BCUT2D eigenvalue weighted by Crippen LogP contribution is 2.26. The predicted molar refractivity (Wildman–Crippen MR) is 68.7 cm³/mol. The fraction of sp³-hybridized carbons (Fsp3) is 0.467. The van der Waals surface area contributed by atoms with Crippen LogP contribution in [0.1, 0.15) is 34.1 Å². The molecule has 0 heteroatoms. The van der Waals surface area contributed by atoms with Gasteiger partial charge in [-0.3, -0.25) is 0 Å². The monoisotopic (exact) mass is 202 g/mol. The third kappa shape index (κ3) is 3.23. The van der Waals surface area contributed by atoms with Gasteiger partial charge in [-0.25, -0.2) is 0 Å². The van der Waals surface area contributed by atoms with E-state index in [-0.39, 0.29) is 0 Å². The minimum atomic E-state index is 0.599. The van der Waals surface area contributed by atoms with Crippen molar-refractivity contribution in [2.45, 2.75) is 34.1 Å². The maximum atomic E-state index is 2.31. The normalized spacial score (nSPS) is 18.2. The first-order valence-corrected chi connectivity index (χ1v) is 5.92. The average Bonchev–Trinajstić information content (AvgIpc) is 2.16. The zero-order valence-corrected chi connectivity index (χ0v) is 10.3. The van der Waals surface area contributed by atoms with Crippen LogP contribution in [0.5, 0.6) is 0 Å². The summed E-state index contributed by atoms with van der Waals surface area (Å²) in [5.74, 6) is 1.25. The Labute approximate surface area is 94.1 Å². The Morgan fingerprint density at radius 1 is 0.867 bits per heavy atom. The zero-order valence-electron chi connectivity index (χ0n) is 10.3. The molecule has 0 saturated carbocycles. The maximum absolute atomic E-state index is 2.31. The first-order chi connectivity index (χ1) is 7.16. The fourth-order valence-electron chi connectivity index (χ4n) is 1.83. The highest BCUT2D eigenvalue weighted by atomic mass is 14.2. The number of hydrogen-bond acceptors (Lipinski definition) is 0. The van der Waals surface area contributed by atoms with Crippen LogP contribution in [0.4, 0.5) is 0 Å². The van der Waals surface area contributed by atoms with Gasteiger partial charge in [0.1, 0.15) is 0 Å². The van der Waals surface area contributed by atoms with Gasteiger partial charge in [0.25, 0.3) is 0 Å². The molecule has 0 amide bonds. The van der Waals surface area contributed by atoms with Crippen LogP contribution < -0.4 is 0 Å². The van der Waals surface area contributed by atoms with Gasteiger partial charge >= 0.3 is 0 Å². The molecule has 0 saturated heterocycles. The van der Waals surface area contributed by atoms with E-state index in [1.807, 2.05) is 0 Å². The van der Waals surface area contributed by atoms with Crippen LogP contribution >= 0.6 is 0 Å². The Morgan fingerprint density at radius 3 is 1.87 bits per heavy atom. The smallest absolute Gasteiger partial charge is 0.0190 e. The van der Waals surface area contributed by atoms with Gasteiger partial charge in [0.2, 0.25) is 0 Å². The van der Waals surface area contributed by atoms with Gasteiger partial charge in [-0.05, 0) is 29.4 Å². The largest absolute Gasteiger partial charge is 0.0648 e. The molecule has 1 unspecified atom stereocenters. The van der Waals surface area contributed by atoms with Gasteiger partial charge in [-0.2, -0.15) is 0 Å². The lowest BCUT2D eigenvalue weighted by Gasteiger charge is -2.18. The molecule has 0 bridgehead atoms. The van der Waals surface area contributed by atoms with E-state index in [1.165, 1.54) is 17.6 Å². The maximum Gasteiger partial charge on any atom is -0.0190 e. The summed E-state index contributed by atoms with van der Waals surface area (Å²) in [7, 11) is 0. The lowest BCUT2D eigenvalue weighted by atomic mass is 9.87. The molecule has 0 N–H and O–H groups in total. The van der Waals surface area contributed by atoms with E-state index < -0.39 is 0 Å². The van der Waals surface area contributed by atoms with Gasteiger partial charge in [-0.15, -0.1) is 0 Å². The molecule has 1 rings (SSSR count). The fourth-order valence-corrected chi connectivity index (χ4v) is 1.83. The Kier molecular flexibility index (Phi) is 4.61. The van der Waals surface area contributed by atoms with E-state index in [9.17, 15) is 0 Å². The molecular weight excluding hydrogens is 180 g/mol. The summed E-state index contributed by atoms with van der Waals surface area (Å²) in [5, 5.41) is 0. The van der Waals surface area contributed by atoms with Gasteiger partial charge in [-0.1, -0.05) is 64.2 Å². The predicted octanol–water partition coefficient (Wildman–Crippen LogP) is 4.67. The van der Waals surface area contributed by atoms with Crippen LogP contribution in [0.25, 0.3) is 0 Å². The first-order valence-electron chi connectivity index (χ1n) is 5.92. The number of rotatable bonds is 3. The summed E-state index contributed by atoms with van der Waals surface area (Å²) in [4.78, 5) is 0. The van der Waals surface area contributed by atoms with E-state index in [0.717, 1.165) is 0 Å². The van der Waals surface area contributed by atoms with Gasteiger partial charge in [0.15, 0.2) is 0 Å². The number of hydrogen-bond donors (Lipinski definition) is 0. The summed E-state index contributed by atoms with van der Waals surface area (Å²) in [6, 6.07) is 0. The van der Waals surface area contributed by atoms with Crippen molar-refractivity contribution in [3.8, 4) is 0 Å². The van der Waals surface area contributed by atoms with Crippen molar-refractivity contribution < 1.29 is 0 Å². The third-order valence-corrected chi connectivity index (χ3v) is 2.98. The molecule has 82 valence electrons. The summed E-state index contributed by atoms with van der Waals surface area (Å²) in [6.07, 6.45) is 14.2. The molecule has 0 spiro atoms. The minimum absolute atomic E-state index is 0.599. The molecule has 15 heavy (non-hydrogen) atoms. The molecule has 0 aliphatic heterocycles. The van der Waals surface area contributed by atoms with Crippen molar-refractivity contribution in [3.05, 3.63) is 47.6 Å². The molecular formula is C15H22. The molecule has 0 nitrogen and oxygen atoms in total. The average molecular weight is 202 g/mol. The molecule has 0 heterocycles. The van der Waals surface area contributed by atoms with Crippen LogP contribution in [0.2, 0.25) is 0 Å². The van der Waals surface area contributed by atoms with E-state index in [4.69, 9.17) is 0 Å². The van der Waals surface area contributed by atoms with Crippen LogP contribution in [0.15, 0.2) is 47.6 Å². The van der Waals surface area contributed by atoms with Gasteiger partial charge < -0.3 is 0 Å². The SMILES string of the molecule is CCC(C)C1=C(C(C)C)C=CC=CC=C1. The second-order valence-corrected chi connectivity index (χ2v) is 4.48. The molecule has 1 aliphatic rings. The van der Waals surface area contributed by atoms with E-state index in [1.54, 1.807) is 0 Å². The molecule has 0 radical (unpaired) electrons. The van der Waals surface area contributed by atoms with E-state index in [0.29, 0.717) is 11.8 Å². The second kappa shape index (κ2) is 5.75. The Bertz CT molecular complexity index is 311. The molecule has 0 aromatic carbocycles. The van der Waals surface area contributed by atoms with Crippen LogP contribution in [-0.2, 0) is 0 Å². The summed E-state index contributed by atoms with van der Waals surface area (Å²) in [6.45, 7) is 9.09. The summed E-state index contributed by atoms with van der Waals surface area (Å²) >= 11 is 0. The highest BCUT2D eigenvalue weighted by molar-refractivity contribution is 5.40. The Morgan fingerprint density at radius 2 is 1.40 bits per heavy atom. The van der Waals surface area contributed by atoms with Crippen molar-refractivity contribution >= 4 is 0 Å². The van der Waals surface area contributed by atoms with Crippen LogP contribution in [-0.4, -0.2) is 0 Å². The lowest BCUT2D eigenvalue weighted by Crippen LogP contribution is -2.04. The Hall–Kier alpha value is -1.04. The topological polar surface area (TPSA) is 0 Å².